The number of aliphatic carboxylic acids is 1. The standard InChI is InChI=1S/C21H30O3/c1-20-11-4-3-5-13(20)6-7-14-15-8-9-17(18(22)19(23)24)21(15,2)12-10-16(14)20/h5,14-17H,3-4,6-12H2,1-2H3,(H,23,24)/t14-,15-,16+,17?,20-,21-/m0/s1. The van der Waals surface area contributed by atoms with Gasteiger partial charge in [-0.2, -0.15) is 0 Å². The second-order valence-corrected chi connectivity index (χ2v) is 9.30. The highest BCUT2D eigenvalue weighted by atomic mass is 16.4. The molecule has 24 heavy (non-hydrogen) atoms. The van der Waals surface area contributed by atoms with Crippen LogP contribution in [0.1, 0.15) is 71.6 Å². The maximum absolute atomic E-state index is 12.2. The van der Waals surface area contributed by atoms with Gasteiger partial charge >= 0.3 is 5.97 Å². The lowest BCUT2D eigenvalue weighted by Gasteiger charge is -2.58. The molecule has 0 aromatic rings. The van der Waals surface area contributed by atoms with E-state index >= 15 is 0 Å². The number of carboxylic acids is 1. The second-order valence-electron chi connectivity index (χ2n) is 9.30. The van der Waals surface area contributed by atoms with E-state index < -0.39 is 11.8 Å². The van der Waals surface area contributed by atoms with Crippen LogP contribution in [-0.4, -0.2) is 16.9 Å². The molecule has 0 bridgehead atoms. The topological polar surface area (TPSA) is 54.4 Å². The molecule has 0 aromatic heterocycles. The van der Waals surface area contributed by atoms with Crippen molar-refractivity contribution in [3.8, 4) is 0 Å². The number of ketones is 1. The van der Waals surface area contributed by atoms with E-state index in [-0.39, 0.29) is 11.3 Å². The number of carbonyl (C=O) groups is 2. The molecule has 0 heterocycles. The van der Waals surface area contributed by atoms with E-state index in [4.69, 9.17) is 0 Å². The van der Waals surface area contributed by atoms with Gasteiger partial charge in [0.05, 0.1) is 0 Å². The number of carboxylic acid groups (broad SMARTS) is 1. The molecule has 3 fully saturated rings. The minimum atomic E-state index is -1.22. The van der Waals surface area contributed by atoms with Gasteiger partial charge in [0.1, 0.15) is 0 Å². The summed E-state index contributed by atoms with van der Waals surface area (Å²) in [6.07, 6.45) is 12.9. The van der Waals surface area contributed by atoms with Crippen LogP contribution in [-0.2, 0) is 9.59 Å². The third-order valence-corrected chi connectivity index (χ3v) is 8.55. The fraction of sp³-hybridized carbons (Fsp3) is 0.810. The van der Waals surface area contributed by atoms with Gasteiger partial charge in [0.25, 0.3) is 0 Å². The smallest absolute Gasteiger partial charge is 0.372 e. The second kappa shape index (κ2) is 5.44. The summed E-state index contributed by atoms with van der Waals surface area (Å²) in [5.74, 6) is -0.0251. The fourth-order valence-corrected chi connectivity index (χ4v) is 7.33. The molecule has 132 valence electrons. The number of hydrogen-bond acceptors (Lipinski definition) is 2. The van der Waals surface area contributed by atoms with Crippen molar-refractivity contribution < 1.29 is 14.7 Å². The monoisotopic (exact) mass is 330 g/mol. The van der Waals surface area contributed by atoms with Crippen molar-refractivity contribution in [2.45, 2.75) is 71.6 Å². The van der Waals surface area contributed by atoms with Crippen LogP contribution in [0.2, 0.25) is 0 Å². The molecule has 0 radical (unpaired) electrons. The highest BCUT2D eigenvalue weighted by Crippen LogP contribution is 2.66. The zero-order chi connectivity index (χ0) is 17.1. The lowest BCUT2D eigenvalue weighted by atomic mass is 9.47. The van der Waals surface area contributed by atoms with Crippen molar-refractivity contribution >= 4 is 11.8 Å². The van der Waals surface area contributed by atoms with Crippen molar-refractivity contribution in [1.29, 1.82) is 0 Å². The molecule has 3 nitrogen and oxygen atoms in total. The van der Waals surface area contributed by atoms with E-state index in [0.29, 0.717) is 17.3 Å². The highest BCUT2D eigenvalue weighted by Gasteiger charge is 2.60. The van der Waals surface area contributed by atoms with Crippen LogP contribution in [0.15, 0.2) is 11.6 Å². The average molecular weight is 330 g/mol. The minimum Gasteiger partial charge on any atom is -0.475 e. The zero-order valence-electron chi connectivity index (χ0n) is 15.0. The molecule has 4 rings (SSSR count). The van der Waals surface area contributed by atoms with Crippen LogP contribution in [0.5, 0.6) is 0 Å². The van der Waals surface area contributed by atoms with Crippen molar-refractivity contribution in [3.63, 3.8) is 0 Å². The summed E-state index contributed by atoms with van der Waals surface area (Å²) in [7, 11) is 0. The maximum Gasteiger partial charge on any atom is 0.372 e. The molecule has 4 aliphatic carbocycles. The molecular formula is C21H30O3. The molecular weight excluding hydrogens is 300 g/mol. The largest absolute Gasteiger partial charge is 0.475 e. The lowest BCUT2D eigenvalue weighted by molar-refractivity contribution is -0.154. The average Bonchev–Trinajstić information content (AvgIpc) is 2.90. The first kappa shape index (κ1) is 16.4. The number of fused-ring (bicyclic) bond motifs is 5. The van der Waals surface area contributed by atoms with Gasteiger partial charge in [-0.25, -0.2) is 4.79 Å². The summed E-state index contributed by atoms with van der Waals surface area (Å²) >= 11 is 0. The Labute approximate surface area is 144 Å². The molecule has 3 saturated carbocycles. The van der Waals surface area contributed by atoms with Gasteiger partial charge in [0.2, 0.25) is 5.78 Å². The molecule has 1 unspecified atom stereocenters. The Morgan fingerprint density at radius 1 is 1.08 bits per heavy atom. The highest BCUT2D eigenvalue weighted by molar-refractivity contribution is 6.33. The summed E-state index contributed by atoms with van der Waals surface area (Å²) in [5, 5.41) is 9.22. The minimum absolute atomic E-state index is 0.0805. The lowest BCUT2D eigenvalue weighted by Crippen LogP contribution is -2.51. The van der Waals surface area contributed by atoms with E-state index in [9.17, 15) is 14.7 Å². The zero-order valence-corrected chi connectivity index (χ0v) is 15.0. The van der Waals surface area contributed by atoms with E-state index in [2.05, 4.69) is 19.9 Å². The Kier molecular flexibility index (Phi) is 3.71. The van der Waals surface area contributed by atoms with Crippen LogP contribution >= 0.6 is 0 Å². The Morgan fingerprint density at radius 2 is 1.88 bits per heavy atom. The summed E-state index contributed by atoms with van der Waals surface area (Å²) in [4.78, 5) is 23.5. The first-order valence-corrected chi connectivity index (χ1v) is 9.84. The first-order chi connectivity index (χ1) is 11.4. The molecule has 0 aliphatic heterocycles. The van der Waals surface area contributed by atoms with E-state index in [1.807, 2.05) is 0 Å². The fourth-order valence-electron chi connectivity index (χ4n) is 7.33. The van der Waals surface area contributed by atoms with Crippen molar-refractivity contribution in [3.05, 3.63) is 11.6 Å². The third-order valence-electron chi connectivity index (χ3n) is 8.55. The number of allylic oxidation sites excluding steroid dienone is 2. The van der Waals surface area contributed by atoms with E-state index in [1.165, 1.54) is 38.5 Å². The summed E-state index contributed by atoms with van der Waals surface area (Å²) in [6.45, 7) is 4.72. The Bertz CT molecular complexity index is 606. The summed E-state index contributed by atoms with van der Waals surface area (Å²) in [6, 6.07) is 0. The van der Waals surface area contributed by atoms with Gasteiger partial charge in [-0.05, 0) is 86.4 Å². The summed E-state index contributed by atoms with van der Waals surface area (Å²) in [5.41, 5.74) is 2.00. The third kappa shape index (κ3) is 2.09. The van der Waals surface area contributed by atoms with Crippen molar-refractivity contribution in [2.24, 2.45) is 34.5 Å². The van der Waals surface area contributed by atoms with Crippen LogP contribution in [0, 0.1) is 34.5 Å². The van der Waals surface area contributed by atoms with Gasteiger partial charge in [0.15, 0.2) is 0 Å². The molecule has 0 saturated heterocycles. The van der Waals surface area contributed by atoms with Gasteiger partial charge < -0.3 is 5.11 Å². The molecule has 0 amide bonds. The molecule has 0 aromatic carbocycles. The normalized spacial score (nSPS) is 47.2. The van der Waals surface area contributed by atoms with Crippen LogP contribution < -0.4 is 0 Å². The summed E-state index contributed by atoms with van der Waals surface area (Å²) < 4.78 is 0. The van der Waals surface area contributed by atoms with Crippen molar-refractivity contribution in [1.82, 2.24) is 0 Å². The van der Waals surface area contributed by atoms with E-state index in [0.717, 1.165) is 25.2 Å². The van der Waals surface area contributed by atoms with E-state index in [1.54, 1.807) is 5.57 Å². The van der Waals surface area contributed by atoms with Crippen LogP contribution in [0.3, 0.4) is 0 Å². The van der Waals surface area contributed by atoms with Gasteiger partial charge in [-0.15, -0.1) is 0 Å². The Morgan fingerprint density at radius 3 is 2.62 bits per heavy atom. The van der Waals surface area contributed by atoms with Gasteiger partial charge in [-0.3, -0.25) is 4.79 Å². The number of carbonyl (C=O) groups excluding carboxylic acids is 1. The molecule has 4 aliphatic rings. The van der Waals surface area contributed by atoms with Crippen LogP contribution in [0.25, 0.3) is 0 Å². The van der Waals surface area contributed by atoms with Crippen molar-refractivity contribution in [2.75, 3.05) is 0 Å². The number of rotatable bonds is 2. The predicted octanol–water partition coefficient (Wildman–Crippen LogP) is 4.61. The maximum atomic E-state index is 12.2. The predicted molar refractivity (Wildman–Crippen MR) is 92.5 cm³/mol. The Balaban J connectivity index is 1.64. The number of Topliss-reactive ketones (excluding diaryl/α,β-unsaturated/α-hetero) is 1. The molecule has 1 N–H and O–H groups in total. The molecule has 3 heteroatoms. The van der Waals surface area contributed by atoms with Crippen LogP contribution in [0.4, 0.5) is 0 Å². The van der Waals surface area contributed by atoms with Gasteiger partial charge in [0, 0.05) is 5.92 Å². The van der Waals surface area contributed by atoms with Gasteiger partial charge in [-0.1, -0.05) is 25.5 Å². The molecule has 0 spiro atoms. The Hall–Kier alpha value is -1.12. The first-order valence-electron chi connectivity index (χ1n) is 9.84. The number of hydrogen-bond donors (Lipinski definition) is 1. The SMILES string of the molecule is C[C@]12CCCC=C1CC[C@@H]1[C@H]2CC[C@]2(C)C(C(=O)C(=O)O)CC[C@@H]12. The molecule has 6 atom stereocenters. The quantitative estimate of drug-likeness (QED) is 0.594.